The Bertz CT molecular complexity index is 152. The predicted molar refractivity (Wildman–Crippen MR) is 64.4 cm³/mol. The maximum absolute atomic E-state index is 13.3. The van der Waals surface area contributed by atoms with E-state index in [0.717, 1.165) is 52.4 Å². The Labute approximate surface area is 111 Å². The summed E-state index contributed by atoms with van der Waals surface area (Å²) < 4.78 is 15.4. The molecule has 0 amide bonds. The van der Waals surface area contributed by atoms with Gasteiger partial charge in [0.05, 0.1) is 0 Å². The zero-order valence-corrected chi connectivity index (χ0v) is 12.3. The Kier molecular flexibility index (Phi) is 11.4. The molecule has 0 aromatic rings. The first kappa shape index (κ1) is 16.8. The second kappa shape index (κ2) is 10.9. The summed E-state index contributed by atoms with van der Waals surface area (Å²) in [5.41, 5.74) is 0. The molecule has 1 rings (SSSR count). The molecule has 0 saturated carbocycles. The van der Waals surface area contributed by atoms with Crippen molar-refractivity contribution in [2.45, 2.75) is 5.23 Å². The summed E-state index contributed by atoms with van der Waals surface area (Å²) in [6.07, 6.45) is 0. The minimum absolute atomic E-state index is 0. The molecular formula is C9H23ClFN4Ti. The van der Waals surface area contributed by atoms with Gasteiger partial charge in [0.2, 0.25) is 0 Å². The van der Waals surface area contributed by atoms with Crippen molar-refractivity contribution in [2.75, 3.05) is 52.4 Å². The Balaban J connectivity index is 0.00000225. The third kappa shape index (κ3) is 7.95. The van der Waals surface area contributed by atoms with Crippen LogP contribution >= 0.6 is 12.4 Å². The summed E-state index contributed by atoms with van der Waals surface area (Å²) in [5.74, 6) is 0. The van der Waals surface area contributed by atoms with E-state index in [1.54, 1.807) is 5.23 Å². The summed E-state index contributed by atoms with van der Waals surface area (Å²) in [6.45, 7) is 7.43. The van der Waals surface area contributed by atoms with Crippen LogP contribution < -0.4 is 16.0 Å². The van der Waals surface area contributed by atoms with E-state index < -0.39 is 18.7 Å². The molecule has 4 nitrogen and oxygen atoms in total. The Morgan fingerprint density at radius 2 is 1.25 bits per heavy atom. The van der Waals surface area contributed by atoms with Crippen LogP contribution in [0.5, 0.6) is 0 Å². The van der Waals surface area contributed by atoms with Gasteiger partial charge in [-0.05, 0) is 0 Å². The molecule has 0 spiro atoms. The molecule has 1 aliphatic rings. The normalized spacial score (nSPS) is 21.4. The molecular weight excluding hydrogens is 266 g/mol. The molecule has 0 aromatic heterocycles. The molecule has 0 unspecified atom stereocenters. The topological polar surface area (TPSA) is 39.3 Å². The molecule has 0 radical (unpaired) electrons. The minimum atomic E-state index is -2.38. The average molecular weight is 290 g/mol. The fourth-order valence-electron chi connectivity index (χ4n) is 1.58. The Morgan fingerprint density at radius 1 is 0.875 bits per heavy atom. The van der Waals surface area contributed by atoms with Gasteiger partial charge in [-0.2, -0.15) is 0 Å². The fraction of sp³-hybridized carbons (Fsp3) is 1.00. The molecule has 0 atom stereocenters. The maximum atomic E-state index is 13.3. The third-order valence-electron chi connectivity index (χ3n) is 2.51. The fourth-order valence-corrected chi connectivity index (χ4v) is 2.89. The van der Waals surface area contributed by atoms with Crippen LogP contribution in [-0.4, -0.2) is 55.7 Å². The van der Waals surface area contributed by atoms with E-state index in [9.17, 15) is 3.09 Å². The molecule has 7 heteroatoms. The first-order valence-corrected chi connectivity index (χ1v) is 8.52. The van der Waals surface area contributed by atoms with Gasteiger partial charge in [0.25, 0.3) is 0 Å². The van der Waals surface area contributed by atoms with E-state index in [4.69, 9.17) is 0 Å². The predicted octanol–water partition coefficient (Wildman–Crippen LogP) is -0.0416. The number of rotatable bonds is 1. The van der Waals surface area contributed by atoms with E-state index in [1.807, 2.05) is 3.38 Å². The SMILES string of the molecule is Cl.[CH3][Ti]([F])[N]1CCNCCNCCNCC1. The Hall–Kier alpha value is 0.774. The van der Waals surface area contributed by atoms with Crippen molar-refractivity contribution in [1.29, 1.82) is 0 Å². The van der Waals surface area contributed by atoms with E-state index in [-0.39, 0.29) is 12.4 Å². The second-order valence-corrected chi connectivity index (χ2v) is 6.27. The third-order valence-corrected chi connectivity index (χ3v) is 4.57. The van der Waals surface area contributed by atoms with Gasteiger partial charge in [-0.3, -0.25) is 0 Å². The first-order valence-electron chi connectivity index (χ1n) is 5.67. The second-order valence-electron chi connectivity index (χ2n) is 3.73. The number of halogens is 2. The van der Waals surface area contributed by atoms with Crippen LogP contribution in [0.1, 0.15) is 0 Å². The van der Waals surface area contributed by atoms with Crippen LogP contribution in [0.4, 0.5) is 3.09 Å². The number of hydrogen-bond acceptors (Lipinski definition) is 4. The van der Waals surface area contributed by atoms with Crippen molar-refractivity contribution >= 4 is 12.4 Å². The quantitative estimate of drug-likeness (QED) is 0.593. The summed E-state index contributed by atoms with van der Waals surface area (Å²) in [4.78, 5) is 0. The van der Waals surface area contributed by atoms with Crippen LogP contribution in [0, 0.1) is 0 Å². The van der Waals surface area contributed by atoms with Crippen LogP contribution in [0.15, 0.2) is 0 Å². The van der Waals surface area contributed by atoms with Gasteiger partial charge in [0, 0.05) is 0 Å². The molecule has 0 aliphatic carbocycles. The summed E-state index contributed by atoms with van der Waals surface area (Å²) in [6, 6.07) is 0. The van der Waals surface area contributed by atoms with Gasteiger partial charge in [-0.1, -0.05) is 0 Å². The van der Waals surface area contributed by atoms with Crippen LogP contribution in [-0.2, 0) is 18.7 Å². The van der Waals surface area contributed by atoms with E-state index in [1.165, 1.54) is 0 Å². The molecule has 97 valence electrons. The molecule has 3 N–H and O–H groups in total. The van der Waals surface area contributed by atoms with Gasteiger partial charge in [0.15, 0.2) is 0 Å². The molecule has 1 saturated heterocycles. The standard InChI is InChI=1S/C8H19N4.CH3.ClH.FH.Ti/c1-2-10-5-6-12-8-7-11-4-3-9-1;;;;/h9-11H,1-8H2;1H3;2*1H;/q-1;;;;+2/p-1. The summed E-state index contributed by atoms with van der Waals surface area (Å²) in [7, 11) is 0. The van der Waals surface area contributed by atoms with Gasteiger partial charge in [0.1, 0.15) is 0 Å². The molecule has 1 heterocycles. The molecule has 0 aromatic carbocycles. The van der Waals surface area contributed by atoms with Gasteiger partial charge in [-0.15, -0.1) is 12.4 Å². The van der Waals surface area contributed by atoms with Crippen molar-refractivity contribution in [3.8, 4) is 0 Å². The summed E-state index contributed by atoms with van der Waals surface area (Å²) >= 11 is -2.38. The van der Waals surface area contributed by atoms with E-state index in [0.29, 0.717) is 0 Å². The average Bonchev–Trinajstić information content (AvgIpc) is 2.18. The zero-order valence-electron chi connectivity index (χ0n) is 9.89. The van der Waals surface area contributed by atoms with Crippen molar-refractivity contribution < 1.29 is 21.8 Å². The van der Waals surface area contributed by atoms with Gasteiger partial charge >= 0.3 is 98.7 Å². The van der Waals surface area contributed by atoms with Crippen molar-refractivity contribution in [3.05, 3.63) is 0 Å². The van der Waals surface area contributed by atoms with E-state index >= 15 is 0 Å². The Morgan fingerprint density at radius 3 is 1.62 bits per heavy atom. The van der Waals surface area contributed by atoms with Crippen molar-refractivity contribution in [2.24, 2.45) is 0 Å². The molecule has 1 fully saturated rings. The monoisotopic (exact) mass is 289 g/mol. The zero-order chi connectivity index (χ0) is 10.9. The van der Waals surface area contributed by atoms with Crippen LogP contribution in [0.25, 0.3) is 0 Å². The van der Waals surface area contributed by atoms with Crippen LogP contribution in [0.2, 0.25) is 5.23 Å². The van der Waals surface area contributed by atoms with Crippen molar-refractivity contribution in [1.82, 2.24) is 19.3 Å². The van der Waals surface area contributed by atoms with Gasteiger partial charge < -0.3 is 0 Å². The number of hydrogen-bond donors (Lipinski definition) is 3. The number of nitrogens with zero attached hydrogens (tertiary/aromatic N) is 1. The summed E-state index contributed by atoms with van der Waals surface area (Å²) in [5, 5.41) is 11.8. The van der Waals surface area contributed by atoms with Gasteiger partial charge in [-0.25, -0.2) is 0 Å². The molecule has 1 aliphatic heterocycles. The molecule has 16 heavy (non-hydrogen) atoms. The number of nitrogens with one attached hydrogen (secondary N) is 3. The van der Waals surface area contributed by atoms with Crippen LogP contribution in [0.3, 0.4) is 0 Å². The van der Waals surface area contributed by atoms with E-state index in [2.05, 4.69) is 16.0 Å². The first-order chi connectivity index (χ1) is 7.30. The van der Waals surface area contributed by atoms with Crippen molar-refractivity contribution in [3.63, 3.8) is 0 Å². The molecule has 0 bridgehead atoms.